The van der Waals surface area contributed by atoms with Gasteiger partial charge in [-0.15, -0.1) is 0 Å². The van der Waals surface area contributed by atoms with Crippen LogP contribution in [0, 0.1) is 0 Å². The second-order valence-corrected chi connectivity index (χ2v) is 5.06. The average Bonchev–Trinajstić information content (AvgIpc) is 2.52. The number of hydrogen-bond donors (Lipinski definition) is 2. The molecule has 0 saturated heterocycles. The van der Waals surface area contributed by atoms with Gasteiger partial charge in [0.1, 0.15) is 0 Å². The number of nitrogens with zero attached hydrogens (tertiary/aromatic N) is 1. The summed E-state index contributed by atoms with van der Waals surface area (Å²) in [6, 6.07) is 14.8. The second kappa shape index (κ2) is 7.78. The largest absolute Gasteiger partial charge is 0.396 e. The predicted molar refractivity (Wildman–Crippen MR) is 82.3 cm³/mol. The first-order chi connectivity index (χ1) is 9.79. The van der Waals surface area contributed by atoms with Crippen molar-refractivity contribution in [2.24, 2.45) is 0 Å². The van der Waals surface area contributed by atoms with Crippen LogP contribution in [0.3, 0.4) is 0 Å². The number of aliphatic hydroxyl groups is 1. The summed E-state index contributed by atoms with van der Waals surface area (Å²) < 4.78 is 0. The molecule has 0 amide bonds. The van der Waals surface area contributed by atoms with Crippen LogP contribution in [0.4, 0.5) is 0 Å². The Hall–Kier alpha value is -1.71. The van der Waals surface area contributed by atoms with Crippen LogP contribution in [-0.4, -0.2) is 22.7 Å². The molecule has 3 heteroatoms. The number of rotatable bonds is 7. The third kappa shape index (κ3) is 4.44. The summed E-state index contributed by atoms with van der Waals surface area (Å²) in [5.41, 5.74) is 3.40. The van der Waals surface area contributed by atoms with E-state index in [9.17, 15) is 0 Å². The molecule has 0 radical (unpaired) electrons. The van der Waals surface area contributed by atoms with Crippen molar-refractivity contribution in [3.63, 3.8) is 0 Å². The summed E-state index contributed by atoms with van der Waals surface area (Å²) in [7, 11) is 0. The quantitative estimate of drug-likeness (QED) is 0.813. The first-order valence-corrected chi connectivity index (χ1v) is 7.14. The van der Waals surface area contributed by atoms with E-state index in [1.165, 1.54) is 5.56 Å². The zero-order chi connectivity index (χ0) is 14.2. The zero-order valence-corrected chi connectivity index (χ0v) is 11.9. The van der Waals surface area contributed by atoms with Gasteiger partial charge in [-0.1, -0.05) is 24.3 Å². The normalized spacial score (nSPS) is 12.3. The highest BCUT2D eigenvalue weighted by Crippen LogP contribution is 2.17. The molecule has 2 aromatic rings. The van der Waals surface area contributed by atoms with Crippen molar-refractivity contribution in [3.05, 3.63) is 54.2 Å². The summed E-state index contributed by atoms with van der Waals surface area (Å²) in [4.78, 5) is 4.38. The van der Waals surface area contributed by atoms with E-state index in [1.54, 1.807) is 0 Å². The fourth-order valence-electron chi connectivity index (χ4n) is 2.17. The molecule has 106 valence electrons. The molecule has 0 aliphatic rings. The molecule has 0 aliphatic carbocycles. The zero-order valence-electron chi connectivity index (χ0n) is 11.9. The second-order valence-electron chi connectivity index (χ2n) is 5.06. The van der Waals surface area contributed by atoms with Gasteiger partial charge in [-0.05, 0) is 43.5 Å². The van der Waals surface area contributed by atoms with Gasteiger partial charge in [0.05, 0.1) is 5.69 Å². The number of hydrogen-bond acceptors (Lipinski definition) is 3. The number of nitrogens with one attached hydrogen (secondary N) is 1. The minimum atomic E-state index is 0.265. The molecule has 0 spiro atoms. The maximum absolute atomic E-state index is 8.83. The van der Waals surface area contributed by atoms with Gasteiger partial charge in [0.25, 0.3) is 0 Å². The van der Waals surface area contributed by atoms with Crippen LogP contribution >= 0.6 is 0 Å². The average molecular weight is 270 g/mol. The van der Waals surface area contributed by atoms with Crippen molar-refractivity contribution in [3.8, 4) is 11.3 Å². The van der Waals surface area contributed by atoms with E-state index in [1.807, 2.05) is 24.4 Å². The van der Waals surface area contributed by atoms with Gasteiger partial charge in [0.2, 0.25) is 0 Å². The van der Waals surface area contributed by atoms with Crippen LogP contribution < -0.4 is 5.32 Å². The van der Waals surface area contributed by atoms with Crippen LogP contribution in [0.1, 0.15) is 25.3 Å². The molecule has 2 rings (SSSR count). The molecule has 2 N–H and O–H groups in total. The highest BCUT2D eigenvalue weighted by molar-refractivity contribution is 5.59. The lowest BCUT2D eigenvalue weighted by molar-refractivity contribution is 0.276. The van der Waals surface area contributed by atoms with E-state index in [2.05, 4.69) is 41.5 Å². The van der Waals surface area contributed by atoms with Crippen molar-refractivity contribution in [2.45, 2.75) is 32.4 Å². The fourth-order valence-corrected chi connectivity index (χ4v) is 2.17. The summed E-state index contributed by atoms with van der Waals surface area (Å²) in [5, 5.41) is 12.3. The molecule has 1 aromatic carbocycles. The Kier molecular flexibility index (Phi) is 5.71. The smallest absolute Gasteiger partial charge is 0.0702 e. The first kappa shape index (κ1) is 14.7. The number of aromatic nitrogens is 1. The Bertz CT molecular complexity index is 513. The van der Waals surface area contributed by atoms with Crippen molar-refractivity contribution in [1.82, 2.24) is 10.3 Å². The van der Waals surface area contributed by atoms with Crippen LogP contribution in [0.2, 0.25) is 0 Å². The first-order valence-electron chi connectivity index (χ1n) is 7.14. The predicted octanol–water partition coefficient (Wildman–Crippen LogP) is 3.00. The fraction of sp³-hybridized carbons (Fsp3) is 0.353. The molecule has 1 atom stereocenters. The Labute approximate surface area is 120 Å². The Balaban J connectivity index is 1.96. The van der Waals surface area contributed by atoms with Gasteiger partial charge in [-0.3, -0.25) is 4.98 Å². The Morgan fingerprint density at radius 2 is 2.10 bits per heavy atom. The maximum atomic E-state index is 8.83. The molecule has 20 heavy (non-hydrogen) atoms. The third-order valence-corrected chi connectivity index (χ3v) is 3.34. The molecule has 3 nitrogen and oxygen atoms in total. The highest BCUT2D eigenvalue weighted by Gasteiger charge is 2.03. The van der Waals surface area contributed by atoms with Crippen molar-refractivity contribution >= 4 is 0 Å². The van der Waals surface area contributed by atoms with Crippen LogP contribution in [0.25, 0.3) is 11.3 Å². The van der Waals surface area contributed by atoms with Crippen molar-refractivity contribution in [1.29, 1.82) is 0 Å². The molecular formula is C17H22N2O. The van der Waals surface area contributed by atoms with Crippen LogP contribution in [-0.2, 0) is 6.54 Å². The Morgan fingerprint density at radius 3 is 2.85 bits per heavy atom. The molecule has 0 saturated carbocycles. The molecule has 1 heterocycles. The lowest BCUT2D eigenvalue weighted by Gasteiger charge is -2.13. The molecular weight excluding hydrogens is 248 g/mol. The minimum absolute atomic E-state index is 0.265. The van der Waals surface area contributed by atoms with Gasteiger partial charge < -0.3 is 10.4 Å². The Morgan fingerprint density at radius 1 is 1.20 bits per heavy atom. The van der Waals surface area contributed by atoms with Gasteiger partial charge in [-0.25, -0.2) is 0 Å². The van der Waals surface area contributed by atoms with Crippen molar-refractivity contribution < 1.29 is 5.11 Å². The van der Waals surface area contributed by atoms with E-state index in [0.29, 0.717) is 6.04 Å². The molecule has 0 bridgehead atoms. The maximum Gasteiger partial charge on any atom is 0.0702 e. The monoisotopic (exact) mass is 270 g/mol. The van der Waals surface area contributed by atoms with Gasteiger partial charge >= 0.3 is 0 Å². The van der Waals surface area contributed by atoms with Crippen molar-refractivity contribution in [2.75, 3.05) is 6.61 Å². The van der Waals surface area contributed by atoms with Gasteiger partial charge in [0, 0.05) is 31.0 Å². The lowest BCUT2D eigenvalue weighted by Crippen LogP contribution is -2.25. The highest BCUT2D eigenvalue weighted by atomic mass is 16.2. The van der Waals surface area contributed by atoms with E-state index in [-0.39, 0.29) is 6.61 Å². The molecule has 0 fully saturated rings. The van der Waals surface area contributed by atoms with Gasteiger partial charge in [0.15, 0.2) is 0 Å². The van der Waals surface area contributed by atoms with E-state index < -0.39 is 0 Å². The van der Waals surface area contributed by atoms with E-state index in [0.717, 1.165) is 30.6 Å². The summed E-state index contributed by atoms with van der Waals surface area (Å²) in [6.45, 7) is 3.26. The SMILES string of the molecule is CC(CCCO)NCc1cccc(-c2ccccn2)c1. The number of aliphatic hydroxyl groups excluding tert-OH is 1. The topological polar surface area (TPSA) is 45.1 Å². The summed E-state index contributed by atoms with van der Waals surface area (Å²) in [6.07, 6.45) is 3.66. The lowest BCUT2D eigenvalue weighted by atomic mass is 10.1. The minimum Gasteiger partial charge on any atom is -0.396 e. The van der Waals surface area contributed by atoms with Crippen LogP contribution in [0.15, 0.2) is 48.7 Å². The molecule has 1 aromatic heterocycles. The number of pyridine rings is 1. The molecule has 0 aliphatic heterocycles. The number of benzene rings is 1. The summed E-state index contributed by atoms with van der Waals surface area (Å²) >= 11 is 0. The third-order valence-electron chi connectivity index (χ3n) is 3.34. The van der Waals surface area contributed by atoms with Crippen LogP contribution in [0.5, 0.6) is 0 Å². The van der Waals surface area contributed by atoms with Gasteiger partial charge in [-0.2, -0.15) is 0 Å². The summed E-state index contributed by atoms with van der Waals surface area (Å²) in [5.74, 6) is 0. The van der Waals surface area contributed by atoms with E-state index >= 15 is 0 Å². The standard InChI is InChI=1S/C17H22N2O/c1-14(6-5-11-20)19-13-15-7-4-8-16(12-15)17-9-2-3-10-18-17/h2-4,7-10,12,14,19-20H,5-6,11,13H2,1H3. The van der Waals surface area contributed by atoms with E-state index in [4.69, 9.17) is 5.11 Å². The molecule has 1 unspecified atom stereocenters.